The number of primary amides is 1. The van der Waals surface area contributed by atoms with Gasteiger partial charge in [0.05, 0.1) is 24.9 Å². The van der Waals surface area contributed by atoms with Gasteiger partial charge in [-0.05, 0) is 47.4 Å². The normalized spacial score (nSPS) is 11.1. The van der Waals surface area contributed by atoms with Crippen molar-refractivity contribution in [2.75, 3.05) is 7.11 Å². The van der Waals surface area contributed by atoms with Gasteiger partial charge in [0.15, 0.2) is 0 Å². The van der Waals surface area contributed by atoms with Crippen molar-refractivity contribution >= 4 is 16.8 Å². The van der Waals surface area contributed by atoms with Crippen LogP contribution in [0.3, 0.4) is 0 Å². The molecule has 0 aliphatic rings. The van der Waals surface area contributed by atoms with Gasteiger partial charge in [-0.3, -0.25) is 9.36 Å². The summed E-state index contributed by atoms with van der Waals surface area (Å²) in [6.07, 6.45) is 0. The van der Waals surface area contributed by atoms with Crippen molar-refractivity contribution in [3.8, 4) is 17.0 Å². The average molecular weight is 428 g/mol. The number of aromatic nitrogens is 2. The summed E-state index contributed by atoms with van der Waals surface area (Å²) in [7, 11) is 1.61. The van der Waals surface area contributed by atoms with E-state index in [0.29, 0.717) is 22.9 Å². The van der Waals surface area contributed by atoms with Crippen LogP contribution in [-0.2, 0) is 6.54 Å². The fourth-order valence-electron chi connectivity index (χ4n) is 3.79. The van der Waals surface area contributed by atoms with E-state index < -0.39 is 5.91 Å². The van der Waals surface area contributed by atoms with Gasteiger partial charge in [-0.15, -0.1) is 0 Å². The SMILES string of the molecule is COc1ccc2c(c1)c(-c1ccc(C(C)C)cc1)nc(=O)n2Cc1cccc(C(N)=O)c1. The maximum Gasteiger partial charge on any atom is 0.348 e. The van der Waals surface area contributed by atoms with Gasteiger partial charge in [-0.1, -0.05) is 50.2 Å². The van der Waals surface area contributed by atoms with Crippen LogP contribution in [0.25, 0.3) is 22.2 Å². The van der Waals surface area contributed by atoms with Crippen molar-refractivity contribution in [2.24, 2.45) is 5.73 Å². The van der Waals surface area contributed by atoms with Gasteiger partial charge in [0.2, 0.25) is 5.91 Å². The van der Waals surface area contributed by atoms with Gasteiger partial charge in [-0.25, -0.2) is 4.79 Å². The van der Waals surface area contributed by atoms with E-state index in [9.17, 15) is 9.59 Å². The van der Waals surface area contributed by atoms with Crippen LogP contribution in [0.2, 0.25) is 0 Å². The molecule has 6 nitrogen and oxygen atoms in total. The Morgan fingerprint density at radius 3 is 2.47 bits per heavy atom. The summed E-state index contributed by atoms with van der Waals surface area (Å²) >= 11 is 0. The molecule has 1 amide bonds. The number of nitrogens with zero attached hydrogens (tertiary/aromatic N) is 2. The Bertz CT molecular complexity index is 1360. The molecular formula is C26H25N3O3. The van der Waals surface area contributed by atoms with Crippen molar-refractivity contribution in [3.63, 3.8) is 0 Å². The minimum Gasteiger partial charge on any atom is -0.497 e. The predicted molar refractivity (Wildman–Crippen MR) is 126 cm³/mol. The van der Waals surface area contributed by atoms with Crippen molar-refractivity contribution in [3.05, 3.63) is 93.9 Å². The zero-order valence-electron chi connectivity index (χ0n) is 18.3. The summed E-state index contributed by atoms with van der Waals surface area (Å²) in [5.74, 6) is 0.588. The largest absolute Gasteiger partial charge is 0.497 e. The first-order valence-electron chi connectivity index (χ1n) is 10.4. The first kappa shape index (κ1) is 21.3. The minimum absolute atomic E-state index is 0.266. The molecule has 0 aliphatic heterocycles. The van der Waals surface area contributed by atoms with Crippen molar-refractivity contribution in [1.29, 1.82) is 0 Å². The summed E-state index contributed by atoms with van der Waals surface area (Å²) < 4.78 is 7.03. The number of nitrogens with two attached hydrogens (primary N) is 1. The maximum absolute atomic E-state index is 13.1. The highest BCUT2D eigenvalue weighted by molar-refractivity contribution is 5.94. The molecule has 4 aromatic rings. The molecule has 6 heteroatoms. The number of ether oxygens (including phenoxy) is 1. The van der Waals surface area contributed by atoms with Crippen LogP contribution in [0.5, 0.6) is 5.75 Å². The third kappa shape index (κ3) is 4.12. The van der Waals surface area contributed by atoms with Crippen molar-refractivity contribution < 1.29 is 9.53 Å². The van der Waals surface area contributed by atoms with E-state index in [1.54, 1.807) is 29.9 Å². The van der Waals surface area contributed by atoms with Crippen LogP contribution < -0.4 is 16.2 Å². The van der Waals surface area contributed by atoms with Gasteiger partial charge in [0.1, 0.15) is 5.75 Å². The second-order valence-corrected chi connectivity index (χ2v) is 8.05. The van der Waals surface area contributed by atoms with Gasteiger partial charge < -0.3 is 10.5 Å². The molecule has 32 heavy (non-hydrogen) atoms. The lowest BCUT2D eigenvalue weighted by molar-refractivity contribution is 0.1000. The number of carbonyl (C=O) groups excluding carboxylic acids is 1. The summed E-state index contributed by atoms with van der Waals surface area (Å²) in [6.45, 7) is 4.55. The third-order valence-corrected chi connectivity index (χ3v) is 5.59. The number of rotatable bonds is 6. The first-order chi connectivity index (χ1) is 15.4. The zero-order chi connectivity index (χ0) is 22.8. The fourth-order valence-corrected chi connectivity index (χ4v) is 3.79. The molecule has 3 aromatic carbocycles. The lowest BCUT2D eigenvalue weighted by Crippen LogP contribution is -2.25. The molecular weight excluding hydrogens is 402 g/mol. The number of carbonyl (C=O) groups is 1. The van der Waals surface area contributed by atoms with E-state index in [0.717, 1.165) is 22.0 Å². The number of amides is 1. The topological polar surface area (TPSA) is 87.2 Å². The molecule has 0 unspecified atom stereocenters. The molecule has 0 aliphatic carbocycles. The Morgan fingerprint density at radius 2 is 1.81 bits per heavy atom. The smallest absolute Gasteiger partial charge is 0.348 e. The van der Waals surface area contributed by atoms with Crippen LogP contribution in [0.4, 0.5) is 0 Å². The Morgan fingerprint density at radius 1 is 1.06 bits per heavy atom. The standard InChI is InChI=1S/C26H25N3O3/c1-16(2)18-7-9-19(10-8-18)24-22-14-21(32-3)11-12-23(22)29(26(31)28-24)15-17-5-4-6-20(13-17)25(27)30/h4-14,16H,15H2,1-3H3,(H2,27,30). The third-order valence-electron chi connectivity index (χ3n) is 5.59. The monoisotopic (exact) mass is 427 g/mol. The molecule has 2 N–H and O–H groups in total. The highest BCUT2D eigenvalue weighted by Crippen LogP contribution is 2.30. The van der Waals surface area contributed by atoms with Gasteiger partial charge in [-0.2, -0.15) is 4.98 Å². The second-order valence-electron chi connectivity index (χ2n) is 8.05. The number of hydrogen-bond acceptors (Lipinski definition) is 4. The van der Waals surface area contributed by atoms with E-state index in [2.05, 4.69) is 31.0 Å². The van der Waals surface area contributed by atoms with Crippen LogP contribution >= 0.6 is 0 Å². The Kier molecular flexibility index (Phi) is 5.77. The summed E-state index contributed by atoms with van der Waals surface area (Å²) in [6, 6.07) is 20.7. The van der Waals surface area contributed by atoms with Gasteiger partial charge in [0, 0.05) is 16.5 Å². The van der Waals surface area contributed by atoms with E-state index in [1.807, 2.05) is 36.4 Å². The summed E-state index contributed by atoms with van der Waals surface area (Å²) in [5.41, 5.74) is 9.67. The van der Waals surface area contributed by atoms with Crippen LogP contribution in [0, 0.1) is 0 Å². The molecule has 0 radical (unpaired) electrons. The molecule has 0 bridgehead atoms. The number of hydrogen-bond donors (Lipinski definition) is 1. The zero-order valence-corrected chi connectivity index (χ0v) is 18.3. The molecule has 162 valence electrons. The minimum atomic E-state index is -0.507. The van der Waals surface area contributed by atoms with Crippen molar-refractivity contribution in [1.82, 2.24) is 9.55 Å². The average Bonchev–Trinajstić information content (AvgIpc) is 2.80. The molecule has 4 rings (SSSR count). The first-order valence-corrected chi connectivity index (χ1v) is 10.4. The fraction of sp³-hybridized carbons (Fsp3) is 0.192. The Balaban J connectivity index is 1.88. The predicted octanol–water partition coefficient (Wildman–Crippen LogP) is 4.34. The Hall–Kier alpha value is -3.93. The number of methoxy groups -OCH3 is 1. The van der Waals surface area contributed by atoms with Crippen LogP contribution in [-0.4, -0.2) is 22.6 Å². The lowest BCUT2D eigenvalue weighted by atomic mass is 9.99. The molecule has 1 aromatic heterocycles. The second kappa shape index (κ2) is 8.67. The van der Waals surface area contributed by atoms with Gasteiger partial charge >= 0.3 is 5.69 Å². The molecule has 0 atom stereocenters. The molecule has 0 saturated heterocycles. The maximum atomic E-state index is 13.1. The molecule has 1 heterocycles. The quantitative estimate of drug-likeness (QED) is 0.496. The van der Waals surface area contributed by atoms with E-state index >= 15 is 0 Å². The highest BCUT2D eigenvalue weighted by atomic mass is 16.5. The molecule has 0 saturated carbocycles. The lowest BCUT2D eigenvalue weighted by Gasteiger charge is -2.15. The summed E-state index contributed by atoms with van der Waals surface area (Å²) in [4.78, 5) is 29.1. The summed E-state index contributed by atoms with van der Waals surface area (Å²) in [5, 5.41) is 0.812. The van der Waals surface area contributed by atoms with E-state index in [1.165, 1.54) is 5.56 Å². The van der Waals surface area contributed by atoms with Crippen LogP contribution in [0.1, 0.15) is 41.3 Å². The molecule has 0 fully saturated rings. The highest BCUT2D eigenvalue weighted by Gasteiger charge is 2.14. The number of fused-ring (bicyclic) bond motifs is 1. The molecule has 0 spiro atoms. The van der Waals surface area contributed by atoms with Crippen LogP contribution in [0.15, 0.2) is 71.5 Å². The number of benzene rings is 3. The van der Waals surface area contributed by atoms with Gasteiger partial charge in [0.25, 0.3) is 0 Å². The Labute approximate surface area is 186 Å². The van der Waals surface area contributed by atoms with E-state index in [-0.39, 0.29) is 12.2 Å². The van der Waals surface area contributed by atoms with E-state index in [4.69, 9.17) is 10.5 Å². The van der Waals surface area contributed by atoms with Crippen molar-refractivity contribution in [2.45, 2.75) is 26.3 Å².